The average molecular weight is 643 g/mol. The first-order chi connectivity index (χ1) is 21.1. The number of carboxylic acids is 1. The molecule has 1 aliphatic rings. The number of hydrogen-bond acceptors (Lipinski definition) is 8. The minimum Gasteiger partial charge on any atom is -0.497 e. The number of amidine groups is 1. The Labute approximate surface area is 257 Å². The van der Waals surface area contributed by atoms with Gasteiger partial charge in [0.25, 0.3) is 0 Å². The van der Waals surface area contributed by atoms with Gasteiger partial charge in [0.05, 0.1) is 20.5 Å². The minimum absolute atomic E-state index is 0.168. The van der Waals surface area contributed by atoms with Gasteiger partial charge in [-0.25, -0.2) is 9.79 Å². The maximum atomic E-state index is 11.8. The number of halogens is 3. The Balaban J connectivity index is 0.000000591. The van der Waals surface area contributed by atoms with Crippen molar-refractivity contribution in [1.29, 1.82) is 0 Å². The molecular weight excluding hydrogens is 613 g/mol. The molecule has 0 radical (unpaired) electrons. The number of aliphatic carboxylic acids is 1. The number of nitrogens with zero attached hydrogens (tertiary/aromatic N) is 1. The fourth-order valence-corrected chi connectivity index (χ4v) is 5.48. The molecule has 45 heavy (non-hydrogen) atoms. The minimum atomic E-state index is -5.08. The topological polar surface area (TPSA) is 138 Å². The Morgan fingerprint density at radius 3 is 2.11 bits per heavy atom. The van der Waals surface area contributed by atoms with Crippen molar-refractivity contribution in [3.05, 3.63) is 113 Å². The zero-order valence-corrected chi connectivity index (χ0v) is 25.4. The molecule has 1 atom stereocenters. The standard InChI is InChI=1S/C30H28N2O5S.C2HF3O2/c1-19-14-23(12-13-28(19)36-3)30(27-11-6-5-10-26(27)29(31)32-30)22-9-7-8-20(15-22)21-16-24(35-2)18-25(17-21)37-38(4,33)34;3-2(4,5)1(6)7/h5-18H,1-4H3,(H2,31,32);(H,6,7). The number of nitrogens with two attached hydrogens (primary N) is 1. The van der Waals surface area contributed by atoms with E-state index < -0.39 is 27.8 Å². The van der Waals surface area contributed by atoms with Crippen molar-refractivity contribution in [3.8, 4) is 28.4 Å². The maximum Gasteiger partial charge on any atom is 0.490 e. The predicted octanol–water partition coefficient (Wildman–Crippen LogP) is 5.66. The van der Waals surface area contributed by atoms with Crippen LogP contribution >= 0.6 is 0 Å². The van der Waals surface area contributed by atoms with Crippen LogP contribution in [0.1, 0.15) is 27.8 Å². The smallest absolute Gasteiger partial charge is 0.490 e. The summed E-state index contributed by atoms with van der Waals surface area (Å²) in [5.74, 6) is -0.866. The molecule has 3 N–H and O–H groups in total. The highest BCUT2D eigenvalue weighted by Crippen LogP contribution is 2.47. The highest BCUT2D eigenvalue weighted by atomic mass is 32.2. The summed E-state index contributed by atoms with van der Waals surface area (Å²) in [6.45, 7) is 2.00. The van der Waals surface area contributed by atoms with Crippen molar-refractivity contribution in [3.63, 3.8) is 0 Å². The van der Waals surface area contributed by atoms with Crippen molar-refractivity contribution in [2.75, 3.05) is 20.5 Å². The molecule has 236 valence electrons. The monoisotopic (exact) mass is 642 g/mol. The van der Waals surface area contributed by atoms with Crippen molar-refractivity contribution < 1.29 is 45.1 Å². The Hall–Kier alpha value is -5.04. The average Bonchev–Trinajstić information content (AvgIpc) is 3.29. The predicted molar refractivity (Wildman–Crippen MR) is 162 cm³/mol. The van der Waals surface area contributed by atoms with E-state index in [0.717, 1.165) is 50.9 Å². The van der Waals surface area contributed by atoms with E-state index in [4.69, 9.17) is 34.3 Å². The number of ether oxygens (including phenoxy) is 2. The lowest BCUT2D eigenvalue weighted by Gasteiger charge is -2.30. The fraction of sp³-hybridized carbons (Fsp3) is 0.188. The van der Waals surface area contributed by atoms with Gasteiger partial charge in [-0.1, -0.05) is 48.5 Å². The van der Waals surface area contributed by atoms with E-state index >= 15 is 0 Å². The first-order valence-corrected chi connectivity index (χ1v) is 15.0. The quantitative estimate of drug-likeness (QED) is 0.247. The molecule has 1 heterocycles. The number of methoxy groups -OCH3 is 2. The SMILES string of the molecule is COc1cc(OS(C)(=O)=O)cc(-c2cccc(C3(c4ccc(OC)c(C)c4)N=C(N)c4ccccc43)c2)c1.O=C(O)C(F)(F)F. The summed E-state index contributed by atoms with van der Waals surface area (Å²) in [7, 11) is -0.543. The molecule has 1 aliphatic heterocycles. The Kier molecular flexibility index (Phi) is 9.14. The maximum absolute atomic E-state index is 11.8. The van der Waals surface area contributed by atoms with Crippen LogP contribution in [0.25, 0.3) is 11.1 Å². The van der Waals surface area contributed by atoms with Gasteiger partial charge in [-0.3, -0.25) is 0 Å². The van der Waals surface area contributed by atoms with Crippen LogP contribution in [-0.2, 0) is 20.5 Å². The lowest BCUT2D eigenvalue weighted by Crippen LogP contribution is -2.25. The zero-order chi connectivity index (χ0) is 33.2. The summed E-state index contributed by atoms with van der Waals surface area (Å²) in [6, 6.07) is 27.0. The molecule has 0 saturated heterocycles. The third-order valence-electron chi connectivity index (χ3n) is 6.91. The van der Waals surface area contributed by atoms with E-state index in [1.54, 1.807) is 13.2 Å². The van der Waals surface area contributed by atoms with Crippen LogP contribution in [0.4, 0.5) is 13.2 Å². The molecule has 4 aromatic carbocycles. The number of aliphatic imine (C=N–C) groups is 1. The van der Waals surface area contributed by atoms with E-state index in [9.17, 15) is 21.6 Å². The van der Waals surface area contributed by atoms with Crippen molar-refractivity contribution in [1.82, 2.24) is 0 Å². The van der Waals surface area contributed by atoms with Gasteiger partial charge in [-0.15, -0.1) is 0 Å². The summed E-state index contributed by atoms with van der Waals surface area (Å²) in [4.78, 5) is 14.0. The molecule has 0 spiro atoms. The summed E-state index contributed by atoms with van der Waals surface area (Å²) in [6.07, 6.45) is -4.08. The third kappa shape index (κ3) is 7.04. The molecule has 0 saturated carbocycles. The summed E-state index contributed by atoms with van der Waals surface area (Å²) < 4.78 is 71.4. The van der Waals surface area contributed by atoms with Crippen molar-refractivity contribution in [2.45, 2.75) is 18.6 Å². The van der Waals surface area contributed by atoms with E-state index in [-0.39, 0.29) is 5.75 Å². The van der Waals surface area contributed by atoms with Gasteiger partial charge in [0.15, 0.2) is 0 Å². The van der Waals surface area contributed by atoms with E-state index in [1.807, 2.05) is 67.6 Å². The number of benzene rings is 4. The van der Waals surface area contributed by atoms with Crippen LogP contribution in [0.5, 0.6) is 17.2 Å². The third-order valence-corrected chi connectivity index (χ3v) is 7.41. The van der Waals surface area contributed by atoms with Crippen LogP contribution in [0.3, 0.4) is 0 Å². The molecule has 9 nitrogen and oxygen atoms in total. The number of alkyl halides is 3. The summed E-state index contributed by atoms with van der Waals surface area (Å²) >= 11 is 0. The molecule has 0 bridgehead atoms. The number of carbonyl (C=O) groups is 1. The van der Waals surface area contributed by atoms with Crippen molar-refractivity contribution >= 4 is 21.9 Å². The van der Waals surface area contributed by atoms with Crippen molar-refractivity contribution in [2.24, 2.45) is 10.7 Å². The van der Waals surface area contributed by atoms with E-state index in [2.05, 4.69) is 12.1 Å². The normalized spacial score (nSPS) is 15.7. The second-order valence-corrected chi connectivity index (χ2v) is 11.6. The first-order valence-electron chi connectivity index (χ1n) is 13.2. The number of aryl methyl sites for hydroxylation is 1. The van der Waals surface area contributed by atoms with Crippen LogP contribution in [0, 0.1) is 6.92 Å². The number of rotatable bonds is 7. The van der Waals surface area contributed by atoms with Gasteiger partial charge in [0.1, 0.15) is 28.6 Å². The van der Waals surface area contributed by atoms with Gasteiger partial charge in [-0.2, -0.15) is 21.6 Å². The van der Waals surface area contributed by atoms with Gasteiger partial charge in [0.2, 0.25) is 0 Å². The zero-order valence-electron chi connectivity index (χ0n) is 24.5. The lowest BCUT2D eigenvalue weighted by molar-refractivity contribution is -0.192. The lowest BCUT2D eigenvalue weighted by atomic mass is 9.76. The highest BCUT2D eigenvalue weighted by Gasteiger charge is 2.43. The second kappa shape index (κ2) is 12.5. The van der Waals surface area contributed by atoms with Crippen LogP contribution in [-0.4, -0.2) is 52.0 Å². The van der Waals surface area contributed by atoms with Gasteiger partial charge in [-0.05, 0) is 70.6 Å². The molecule has 5 rings (SSSR count). The largest absolute Gasteiger partial charge is 0.497 e. The van der Waals surface area contributed by atoms with Gasteiger partial charge >= 0.3 is 22.3 Å². The van der Waals surface area contributed by atoms with Gasteiger partial charge < -0.3 is 24.5 Å². The van der Waals surface area contributed by atoms with Crippen LogP contribution in [0.15, 0.2) is 89.9 Å². The molecule has 0 aromatic heterocycles. The van der Waals surface area contributed by atoms with E-state index in [1.165, 1.54) is 13.2 Å². The van der Waals surface area contributed by atoms with Crippen LogP contribution in [0.2, 0.25) is 0 Å². The Morgan fingerprint density at radius 1 is 0.867 bits per heavy atom. The second-order valence-electron chi connectivity index (χ2n) is 10.0. The Bertz CT molecular complexity index is 1890. The number of hydrogen-bond donors (Lipinski definition) is 2. The van der Waals surface area contributed by atoms with E-state index in [0.29, 0.717) is 11.6 Å². The molecule has 0 amide bonds. The first kappa shape index (κ1) is 32.9. The van der Waals surface area contributed by atoms with Crippen LogP contribution < -0.4 is 19.4 Å². The molecule has 4 aromatic rings. The highest BCUT2D eigenvalue weighted by molar-refractivity contribution is 7.86. The van der Waals surface area contributed by atoms with Gasteiger partial charge in [0, 0.05) is 11.6 Å². The number of fused-ring (bicyclic) bond motifs is 1. The molecule has 0 aliphatic carbocycles. The number of carboxylic acid groups (broad SMARTS) is 1. The molecular formula is C32H29F3N2O7S. The fourth-order valence-electron chi connectivity index (χ4n) is 5.04. The summed E-state index contributed by atoms with van der Waals surface area (Å²) in [5, 5.41) is 7.12. The summed E-state index contributed by atoms with van der Waals surface area (Å²) in [5.41, 5.74) is 11.9. The molecule has 0 fully saturated rings. The molecule has 1 unspecified atom stereocenters. The molecule has 13 heteroatoms. The Morgan fingerprint density at radius 2 is 1.51 bits per heavy atom.